The molecule has 0 aliphatic carbocycles. The molecular weight excluding hydrogens is 1150 g/mol. The number of carboxylic acids is 4. The number of benzene rings is 6. The summed E-state index contributed by atoms with van der Waals surface area (Å²) < 4.78 is 141. The zero-order valence-corrected chi connectivity index (χ0v) is 42.7. The Labute approximate surface area is 461 Å². The third-order valence-corrected chi connectivity index (χ3v) is 10.4. The molecule has 10 rings (SSSR count). The van der Waals surface area contributed by atoms with E-state index in [1.807, 2.05) is 73.8 Å². The van der Waals surface area contributed by atoms with E-state index in [0.29, 0.717) is 23.0 Å². The fourth-order valence-corrected chi connectivity index (χ4v) is 6.65. The lowest BCUT2D eigenvalue weighted by atomic mass is 10.1. The molecule has 0 unspecified atom stereocenters. The van der Waals surface area contributed by atoms with E-state index in [1.54, 1.807) is 18.3 Å². The molecule has 0 saturated carbocycles. The van der Waals surface area contributed by atoms with Crippen LogP contribution in [-0.2, 0) is 19.2 Å². The fourth-order valence-electron chi connectivity index (χ4n) is 6.65. The molecule has 0 atom stereocenters. The Bertz CT molecular complexity index is 3680. The van der Waals surface area contributed by atoms with Crippen LogP contribution in [0.1, 0.15) is 16.7 Å². The number of carboxylic acid groups (broad SMARTS) is 4. The molecule has 0 radical (unpaired) electrons. The summed E-state index contributed by atoms with van der Waals surface area (Å²) in [6.07, 6.45) is -16.7. The zero-order valence-electron chi connectivity index (χ0n) is 42.7. The summed E-state index contributed by atoms with van der Waals surface area (Å²) in [4.78, 5) is 54.6. The average Bonchev–Trinajstić information content (AvgIpc) is 4.12. The number of nitrogens with one attached hydrogen (secondary N) is 4. The van der Waals surface area contributed by atoms with Gasteiger partial charge in [-0.2, -0.15) is 62.9 Å². The van der Waals surface area contributed by atoms with E-state index in [9.17, 15) is 57.1 Å². The molecule has 0 amide bonds. The van der Waals surface area contributed by atoms with Crippen molar-refractivity contribution in [1.29, 1.82) is 0 Å². The number of anilines is 4. The first kappa shape index (κ1) is 64.3. The molecule has 440 valence electrons. The summed E-state index contributed by atoms with van der Waals surface area (Å²) in [5.74, 6) is -8.68. The van der Waals surface area contributed by atoms with Crippen molar-refractivity contribution in [2.75, 3.05) is 10.6 Å². The van der Waals surface area contributed by atoms with Crippen LogP contribution >= 0.6 is 0 Å². The van der Waals surface area contributed by atoms with Crippen molar-refractivity contribution in [3.05, 3.63) is 156 Å². The molecule has 0 aliphatic rings. The maximum atomic E-state index is 13.7. The van der Waals surface area contributed by atoms with Crippen molar-refractivity contribution < 1.29 is 96.7 Å². The van der Waals surface area contributed by atoms with Crippen LogP contribution in [0.5, 0.6) is 0 Å². The van der Waals surface area contributed by atoms with Gasteiger partial charge in [0.05, 0.1) is 34.5 Å². The van der Waals surface area contributed by atoms with Crippen LogP contribution < -0.4 is 10.6 Å². The molecular formula is C53H39F13N10O8. The second-order valence-corrected chi connectivity index (χ2v) is 17.0. The van der Waals surface area contributed by atoms with E-state index in [1.165, 1.54) is 23.3 Å². The first-order valence-electron chi connectivity index (χ1n) is 23.1. The highest BCUT2D eigenvalue weighted by Gasteiger charge is 2.40. The molecule has 8 N–H and O–H groups in total. The van der Waals surface area contributed by atoms with Gasteiger partial charge in [-0.15, -0.1) is 0 Å². The van der Waals surface area contributed by atoms with Crippen LogP contribution in [0.3, 0.4) is 0 Å². The highest BCUT2D eigenvalue weighted by molar-refractivity contribution is 5.95. The number of carbonyl (C=O) groups is 4. The lowest BCUT2D eigenvalue weighted by molar-refractivity contribution is -0.193. The Kier molecular flexibility index (Phi) is 20.6. The molecule has 0 bridgehead atoms. The summed E-state index contributed by atoms with van der Waals surface area (Å²) in [7, 11) is 0. The number of hydrogen-bond acceptors (Lipinski definition) is 12. The minimum absolute atomic E-state index is 0.314. The van der Waals surface area contributed by atoms with Crippen molar-refractivity contribution in [1.82, 2.24) is 40.3 Å². The topological polar surface area (TPSA) is 282 Å². The maximum Gasteiger partial charge on any atom is 0.490 e. The van der Waals surface area contributed by atoms with Gasteiger partial charge in [0.15, 0.2) is 11.6 Å². The quantitative estimate of drug-likeness (QED) is 0.0718. The van der Waals surface area contributed by atoms with E-state index >= 15 is 0 Å². The molecule has 0 fully saturated rings. The van der Waals surface area contributed by atoms with Crippen LogP contribution in [0.15, 0.2) is 134 Å². The first-order chi connectivity index (χ1) is 39.1. The molecule has 10 aromatic rings. The first-order valence-corrected chi connectivity index (χ1v) is 23.1. The van der Waals surface area contributed by atoms with E-state index in [0.717, 1.165) is 71.9 Å². The standard InChI is InChI=1S/C23H19N5.C22H16FN5.4C2HF3O2/c1-14-4-3-5-16(10-14)22-26-21-11-15(2)6-8-19(21)23(27-22)25-18-7-9-20-17(12-18)13-24-28-20;1-13-5-7-18-20(9-13)26-21(14-3-2-4-16(23)10-14)27-22(18)25-17-6-8-19-15(11-17)12-24-28-19;4*3-2(4,5)1(6)7/h3-13H,1-2H3,(H,24,28)(H,25,26,27);2-12H,1H3,(H,24,28)(H,25,26,27);4*(H,6,7). The third kappa shape index (κ3) is 18.8. The molecule has 4 aromatic heterocycles. The molecule has 18 nitrogen and oxygen atoms in total. The number of aromatic nitrogens is 8. The highest BCUT2D eigenvalue weighted by atomic mass is 19.4. The van der Waals surface area contributed by atoms with Crippen molar-refractivity contribution in [3.63, 3.8) is 0 Å². The fraction of sp³-hybridized carbons (Fsp3) is 0.132. The van der Waals surface area contributed by atoms with E-state index in [-0.39, 0.29) is 5.82 Å². The average molecular weight is 1190 g/mol. The molecule has 0 spiro atoms. The van der Waals surface area contributed by atoms with E-state index in [4.69, 9.17) is 54.6 Å². The lowest BCUT2D eigenvalue weighted by Crippen LogP contribution is -2.21. The van der Waals surface area contributed by atoms with Crippen LogP contribution in [0.25, 0.3) is 66.4 Å². The lowest BCUT2D eigenvalue weighted by Gasteiger charge is -2.12. The number of halogens is 13. The molecule has 84 heavy (non-hydrogen) atoms. The molecule has 0 saturated heterocycles. The number of alkyl halides is 12. The predicted octanol–water partition coefficient (Wildman–Crippen LogP) is 13.4. The Morgan fingerprint density at radius 3 is 1.12 bits per heavy atom. The van der Waals surface area contributed by atoms with Gasteiger partial charge in [0.2, 0.25) is 0 Å². The van der Waals surface area contributed by atoms with E-state index < -0.39 is 48.6 Å². The largest absolute Gasteiger partial charge is 0.490 e. The highest BCUT2D eigenvalue weighted by Crippen LogP contribution is 2.32. The van der Waals surface area contributed by atoms with Gasteiger partial charge in [-0.1, -0.05) is 48.0 Å². The Hall–Kier alpha value is -10.5. The summed E-state index contributed by atoms with van der Waals surface area (Å²) in [6, 6.07) is 38.9. The van der Waals surface area contributed by atoms with Crippen molar-refractivity contribution >= 4 is 90.5 Å². The van der Waals surface area contributed by atoms with Gasteiger partial charge < -0.3 is 31.1 Å². The zero-order chi connectivity index (χ0) is 62.5. The predicted molar refractivity (Wildman–Crippen MR) is 278 cm³/mol. The van der Waals surface area contributed by atoms with Crippen molar-refractivity contribution in [2.24, 2.45) is 0 Å². The Morgan fingerprint density at radius 1 is 0.429 bits per heavy atom. The van der Waals surface area contributed by atoms with Crippen LogP contribution in [-0.4, -0.2) is 109 Å². The number of hydrogen-bond donors (Lipinski definition) is 8. The van der Waals surface area contributed by atoms with Crippen LogP contribution in [0, 0.1) is 26.6 Å². The van der Waals surface area contributed by atoms with E-state index in [2.05, 4.69) is 86.3 Å². The Morgan fingerprint density at radius 2 is 0.774 bits per heavy atom. The number of aliphatic carboxylic acids is 4. The second-order valence-electron chi connectivity index (χ2n) is 17.0. The Balaban J connectivity index is 0.000000213. The molecule has 31 heteroatoms. The smallest absolute Gasteiger partial charge is 0.475 e. The van der Waals surface area contributed by atoms with Gasteiger partial charge in [0, 0.05) is 44.0 Å². The van der Waals surface area contributed by atoms with Gasteiger partial charge >= 0.3 is 48.6 Å². The van der Waals surface area contributed by atoms with Crippen molar-refractivity contribution in [2.45, 2.75) is 45.5 Å². The molecule has 6 aromatic carbocycles. The number of nitrogens with zero attached hydrogens (tertiary/aromatic N) is 6. The second kappa shape index (κ2) is 26.9. The monoisotopic (exact) mass is 1190 g/mol. The van der Waals surface area contributed by atoms with Gasteiger partial charge in [-0.25, -0.2) is 43.5 Å². The summed E-state index contributed by atoms with van der Waals surface area (Å²) in [5, 5.41) is 53.4. The van der Waals surface area contributed by atoms with Crippen LogP contribution in [0.4, 0.5) is 80.1 Å². The summed E-state index contributed by atoms with van der Waals surface area (Å²) >= 11 is 0. The number of H-pyrrole nitrogens is 2. The van der Waals surface area contributed by atoms with Gasteiger partial charge in [-0.05, 0) is 111 Å². The number of aryl methyl sites for hydroxylation is 3. The number of aromatic amines is 2. The maximum absolute atomic E-state index is 13.7. The number of fused-ring (bicyclic) bond motifs is 4. The van der Waals surface area contributed by atoms with Gasteiger partial charge in [0.1, 0.15) is 17.5 Å². The normalized spacial score (nSPS) is 11.2. The molecule has 0 aliphatic heterocycles. The molecule has 4 heterocycles. The number of rotatable bonds is 6. The van der Waals surface area contributed by atoms with Crippen LogP contribution in [0.2, 0.25) is 0 Å². The third-order valence-electron chi connectivity index (χ3n) is 10.4. The SMILES string of the molecule is Cc1ccc2c(Nc3ccc4[nH]ncc4c3)nc(-c3cccc(F)c3)nc2c1.Cc1cccc(-c2nc(Nc3ccc4[nH]ncc4c3)c3ccc(C)cc3n2)c1.O=C(O)C(F)(F)F.O=C(O)C(F)(F)F.O=C(O)C(F)(F)F.O=C(O)C(F)(F)F. The van der Waals surface area contributed by atoms with Crippen molar-refractivity contribution in [3.8, 4) is 22.8 Å². The summed E-state index contributed by atoms with van der Waals surface area (Å²) in [5.41, 5.74) is 10.7. The minimum Gasteiger partial charge on any atom is -0.475 e. The van der Waals surface area contributed by atoms with Gasteiger partial charge in [0.25, 0.3) is 0 Å². The van der Waals surface area contributed by atoms with Gasteiger partial charge in [-0.3, -0.25) is 10.2 Å². The minimum atomic E-state index is -5.08. The summed E-state index contributed by atoms with van der Waals surface area (Å²) in [6.45, 7) is 6.17.